The van der Waals surface area contributed by atoms with Crippen LogP contribution in [0.15, 0.2) is 53.2 Å². The van der Waals surface area contributed by atoms with Crippen molar-refractivity contribution in [3.8, 4) is 5.75 Å². The lowest BCUT2D eigenvalue weighted by atomic mass is 10.0. The van der Waals surface area contributed by atoms with E-state index in [9.17, 15) is 9.59 Å². The van der Waals surface area contributed by atoms with Crippen molar-refractivity contribution in [3.63, 3.8) is 0 Å². The van der Waals surface area contributed by atoms with E-state index < -0.39 is 0 Å². The minimum atomic E-state index is -0.320. The van der Waals surface area contributed by atoms with Crippen LogP contribution in [0.4, 0.5) is 4.79 Å². The normalized spacial score (nSPS) is 25.1. The van der Waals surface area contributed by atoms with Gasteiger partial charge in [0.2, 0.25) is 5.91 Å². The number of aliphatic imine (C=N–C) groups is 1. The third-order valence-corrected chi connectivity index (χ3v) is 6.92. The van der Waals surface area contributed by atoms with Crippen molar-refractivity contribution >= 4 is 29.1 Å². The largest absolute Gasteiger partial charge is 0.493 e. The summed E-state index contributed by atoms with van der Waals surface area (Å²) in [4.78, 5) is 27.1. The first-order chi connectivity index (χ1) is 14.7. The molecule has 1 saturated heterocycles. The third kappa shape index (κ3) is 6.08. The fraction of sp³-hybridized carbons (Fsp3) is 0.458. The molecule has 1 saturated carbocycles. The molecule has 2 heterocycles. The number of unbranched alkanes of at least 4 members (excludes halogenated alkanes) is 1. The Labute approximate surface area is 182 Å². The number of rotatable bonds is 10. The standard InChI is InChI=1S/C24H28N2O3S/c27-23-22(30-24(28)26-23)14-18-7-9-21(10-8-18)29-16-20-15-19(20)6-2-1-4-17-5-3-12-25-13-11-17/h3,7-13,19-20,22H,1-2,4-6,14-16H2,(H,26,27,28)/t19-,20-,22?/m0/s1. The Hall–Kier alpha value is -2.34. The molecule has 0 spiro atoms. The van der Waals surface area contributed by atoms with E-state index in [-0.39, 0.29) is 16.4 Å². The molecule has 2 fully saturated rings. The number of nitrogens with one attached hydrogen (secondary N) is 1. The monoisotopic (exact) mass is 424 g/mol. The fourth-order valence-electron chi connectivity index (χ4n) is 4.01. The van der Waals surface area contributed by atoms with Crippen molar-refractivity contribution in [2.45, 2.75) is 50.2 Å². The van der Waals surface area contributed by atoms with Gasteiger partial charge >= 0.3 is 0 Å². The SMILES string of the molecule is O=C1NC(=O)C(Cc2ccc(OC[C@@H]3C[C@@H]3CCCCC3=CC=NC=CC3)cc2)S1. The first-order valence-electron chi connectivity index (χ1n) is 10.8. The molecule has 1 aliphatic carbocycles. The van der Waals surface area contributed by atoms with Gasteiger partial charge in [0.25, 0.3) is 5.24 Å². The van der Waals surface area contributed by atoms with Crippen LogP contribution in [-0.2, 0) is 11.2 Å². The molecule has 158 valence electrons. The second kappa shape index (κ2) is 10.1. The number of carbonyl (C=O) groups excluding carboxylic acids is 2. The number of ether oxygens (including phenoxy) is 1. The minimum Gasteiger partial charge on any atom is -0.493 e. The maximum absolute atomic E-state index is 11.7. The number of nitrogens with zero attached hydrogens (tertiary/aromatic N) is 1. The Morgan fingerprint density at radius 3 is 2.80 bits per heavy atom. The van der Waals surface area contributed by atoms with E-state index in [4.69, 9.17) is 4.74 Å². The van der Waals surface area contributed by atoms with Crippen molar-refractivity contribution < 1.29 is 14.3 Å². The van der Waals surface area contributed by atoms with Crippen LogP contribution in [0.1, 0.15) is 44.1 Å². The first kappa shape index (κ1) is 20.9. The summed E-state index contributed by atoms with van der Waals surface area (Å²) >= 11 is 1.07. The molecule has 3 aliphatic rings. The number of hydrogen-bond donors (Lipinski definition) is 1. The highest BCUT2D eigenvalue weighted by Crippen LogP contribution is 2.42. The topological polar surface area (TPSA) is 67.8 Å². The van der Waals surface area contributed by atoms with Crippen LogP contribution < -0.4 is 10.1 Å². The van der Waals surface area contributed by atoms with Crippen LogP contribution >= 0.6 is 11.8 Å². The predicted molar refractivity (Wildman–Crippen MR) is 121 cm³/mol. The van der Waals surface area contributed by atoms with Gasteiger partial charge in [-0.05, 0) is 67.7 Å². The van der Waals surface area contributed by atoms with Crippen molar-refractivity contribution in [2.24, 2.45) is 16.8 Å². The van der Waals surface area contributed by atoms with Crippen molar-refractivity contribution in [1.82, 2.24) is 5.32 Å². The highest BCUT2D eigenvalue weighted by atomic mass is 32.2. The molecule has 30 heavy (non-hydrogen) atoms. The van der Waals surface area contributed by atoms with Crippen LogP contribution in [0.25, 0.3) is 0 Å². The Morgan fingerprint density at radius 1 is 1.13 bits per heavy atom. The zero-order valence-electron chi connectivity index (χ0n) is 17.1. The van der Waals surface area contributed by atoms with Gasteiger partial charge in [-0.2, -0.15) is 0 Å². The van der Waals surface area contributed by atoms with Gasteiger partial charge in [0.05, 0.1) is 11.9 Å². The molecule has 0 radical (unpaired) electrons. The number of hydrogen-bond acceptors (Lipinski definition) is 5. The molecule has 4 rings (SSSR count). The summed E-state index contributed by atoms with van der Waals surface area (Å²) in [5.41, 5.74) is 2.52. The van der Waals surface area contributed by atoms with Crippen molar-refractivity contribution in [3.05, 3.63) is 53.8 Å². The van der Waals surface area contributed by atoms with Gasteiger partial charge in [-0.25, -0.2) is 0 Å². The summed E-state index contributed by atoms with van der Waals surface area (Å²) in [5, 5.41) is 1.76. The predicted octanol–water partition coefficient (Wildman–Crippen LogP) is 5.07. The molecule has 5 nitrogen and oxygen atoms in total. The second-order valence-electron chi connectivity index (χ2n) is 8.26. The molecular formula is C24H28N2O3S. The number of thioether (sulfide) groups is 1. The van der Waals surface area contributed by atoms with E-state index in [0.29, 0.717) is 12.3 Å². The van der Waals surface area contributed by atoms with E-state index in [1.165, 1.54) is 37.7 Å². The summed E-state index contributed by atoms with van der Waals surface area (Å²) in [6, 6.07) is 7.89. The molecule has 0 bridgehead atoms. The van der Waals surface area contributed by atoms with Gasteiger partial charge in [0.1, 0.15) is 5.75 Å². The molecule has 1 unspecified atom stereocenters. The molecular weight excluding hydrogens is 396 g/mol. The van der Waals surface area contributed by atoms with Gasteiger partial charge in [-0.15, -0.1) is 0 Å². The van der Waals surface area contributed by atoms with E-state index in [1.807, 2.05) is 36.7 Å². The molecule has 2 aliphatic heterocycles. The maximum Gasteiger partial charge on any atom is 0.286 e. The van der Waals surface area contributed by atoms with Crippen LogP contribution in [0, 0.1) is 11.8 Å². The Morgan fingerprint density at radius 2 is 2.00 bits per heavy atom. The lowest BCUT2D eigenvalue weighted by Gasteiger charge is -2.09. The number of allylic oxidation sites excluding steroid dienone is 3. The number of amides is 2. The number of imide groups is 1. The van der Waals surface area contributed by atoms with Gasteiger partial charge < -0.3 is 4.74 Å². The second-order valence-corrected chi connectivity index (χ2v) is 9.43. The first-order valence-corrected chi connectivity index (χ1v) is 11.6. The summed E-state index contributed by atoms with van der Waals surface area (Å²) in [6.07, 6.45) is 15.9. The molecule has 2 amide bonds. The summed E-state index contributed by atoms with van der Waals surface area (Å²) < 4.78 is 5.97. The average Bonchev–Trinajstić information content (AvgIpc) is 3.47. The minimum absolute atomic E-state index is 0.193. The number of benzene rings is 1. The lowest BCUT2D eigenvalue weighted by molar-refractivity contribution is -0.118. The van der Waals surface area contributed by atoms with E-state index in [2.05, 4.69) is 22.5 Å². The van der Waals surface area contributed by atoms with Crippen molar-refractivity contribution in [2.75, 3.05) is 6.61 Å². The van der Waals surface area contributed by atoms with Gasteiger partial charge in [-0.1, -0.05) is 48.4 Å². The Kier molecular flexibility index (Phi) is 7.05. The Balaban J connectivity index is 1.10. The average molecular weight is 425 g/mol. The quantitative estimate of drug-likeness (QED) is 0.533. The molecule has 1 aromatic carbocycles. The maximum atomic E-state index is 11.7. The van der Waals surface area contributed by atoms with E-state index >= 15 is 0 Å². The molecule has 0 aromatic heterocycles. The third-order valence-electron chi connectivity index (χ3n) is 5.94. The Bertz CT molecular complexity index is 860. The van der Waals surface area contributed by atoms with Gasteiger partial charge in [-0.3, -0.25) is 19.9 Å². The molecule has 6 heteroatoms. The lowest BCUT2D eigenvalue weighted by Crippen LogP contribution is -2.25. The summed E-state index contributed by atoms with van der Waals surface area (Å²) in [6.45, 7) is 0.784. The molecule has 3 atom stereocenters. The number of carbonyl (C=O) groups is 2. The molecule has 1 aromatic rings. The zero-order valence-corrected chi connectivity index (χ0v) is 17.9. The van der Waals surface area contributed by atoms with E-state index in [0.717, 1.165) is 42.0 Å². The van der Waals surface area contributed by atoms with Gasteiger partial charge in [0, 0.05) is 12.4 Å². The highest BCUT2D eigenvalue weighted by molar-refractivity contribution is 8.15. The zero-order chi connectivity index (χ0) is 20.8. The molecule has 1 N–H and O–H groups in total. The van der Waals surface area contributed by atoms with E-state index in [1.54, 1.807) is 0 Å². The van der Waals surface area contributed by atoms with Crippen LogP contribution in [0.2, 0.25) is 0 Å². The van der Waals surface area contributed by atoms with Crippen LogP contribution in [-0.4, -0.2) is 29.2 Å². The van der Waals surface area contributed by atoms with Gasteiger partial charge in [0.15, 0.2) is 0 Å². The smallest absolute Gasteiger partial charge is 0.286 e. The highest BCUT2D eigenvalue weighted by Gasteiger charge is 2.36. The van der Waals surface area contributed by atoms with Crippen molar-refractivity contribution in [1.29, 1.82) is 0 Å². The van der Waals surface area contributed by atoms with Crippen LogP contribution in [0.5, 0.6) is 5.75 Å². The summed E-state index contributed by atoms with van der Waals surface area (Å²) in [5.74, 6) is 2.17. The fourth-order valence-corrected chi connectivity index (χ4v) is 4.87. The summed E-state index contributed by atoms with van der Waals surface area (Å²) in [7, 11) is 0. The van der Waals surface area contributed by atoms with Crippen LogP contribution in [0.3, 0.4) is 0 Å².